The number of nitrogens with one attached hydrogen (secondary N) is 1. The molecule has 1 unspecified atom stereocenters. The molecule has 1 aromatic carbocycles. The summed E-state index contributed by atoms with van der Waals surface area (Å²) in [6.07, 6.45) is 0.887. The molecule has 1 aromatic rings. The molecular weight excluding hydrogens is 245 g/mol. The van der Waals surface area contributed by atoms with Crippen molar-refractivity contribution in [2.75, 3.05) is 6.54 Å². The molecule has 0 aliphatic heterocycles. The Morgan fingerprint density at radius 1 is 1.59 bits per heavy atom. The second-order valence-electron chi connectivity index (χ2n) is 3.85. The minimum absolute atomic E-state index is 0.128. The van der Waals surface area contributed by atoms with Crippen LogP contribution in [0.1, 0.15) is 30.1 Å². The summed E-state index contributed by atoms with van der Waals surface area (Å²) in [5.74, 6) is -1.01. The SMILES string of the molecule is CC(O)CCCNC(=O)c1cccc(F)c1Cl. The van der Waals surface area contributed by atoms with Crippen LogP contribution >= 0.6 is 11.6 Å². The van der Waals surface area contributed by atoms with Gasteiger partial charge in [0, 0.05) is 6.54 Å². The van der Waals surface area contributed by atoms with Crippen molar-refractivity contribution in [2.24, 2.45) is 0 Å². The molecule has 5 heteroatoms. The Morgan fingerprint density at radius 2 is 2.29 bits per heavy atom. The van der Waals surface area contributed by atoms with Crippen molar-refractivity contribution in [3.05, 3.63) is 34.6 Å². The van der Waals surface area contributed by atoms with Gasteiger partial charge < -0.3 is 10.4 Å². The van der Waals surface area contributed by atoms with Crippen molar-refractivity contribution in [1.82, 2.24) is 5.32 Å². The molecule has 94 valence electrons. The Labute approximate surface area is 105 Å². The summed E-state index contributed by atoms with van der Waals surface area (Å²) in [5, 5.41) is 11.5. The van der Waals surface area contributed by atoms with E-state index in [0.29, 0.717) is 19.4 Å². The van der Waals surface area contributed by atoms with Gasteiger partial charge >= 0.3 is 0 Å². The average Bonchev–Trinajstić information content (AvgIpc) is 2.27. The number of aliphatic hydroxyl groups is 1. The lowest BCUT2D eigenvalue weighted by Crippen LogP contribution is -2.25. The molecular formula is C12H15ClFNO2. The molecule has 1 amide bonds. The Morgan fingerprint density at radius 3 is 2.94 bits per heavy atom. The van der Waals surface area contributed by atoms with Gasteiger partial charge in [-0.15, -0.1) is 0 Å². The van der Waals surface area contributed by atoms with Gasteiger partial charge in [0.25, 0.3) is 5.91 Å². The summed E-state index contributed by atoms with van der Waals surface area (Å²) >= 11 is 5.68. The van der Waals surface area contributed by atoms with Gasteiger partial charge in [-0.05, 0) is 31.9 Å². The van der Waals surface area contributed by atoms with E-state index < -0.39 is 11.7 Å². The molecule has 0 fully saturated rings. The van der Waals surface area contributed by atoms with Crippen LogP contribution in [0.2, 0.25) is 5.02 Å². The van der Waals surface area contributed by atoms with Crippen molar-refractivity contribution < 1.29 is 14.3 Å². The number of rotatable bonds is 5. The highest BCUT2D eigenvalue weighted by atomic mass is 35.5. The van der Waals surface area contributed by atoms with Gasteiger partial charge in [-0.1, -0.05) is 17.7 Å². The number of benzene rings is 1. The number of amides is 1. The van der Waals surface area contributed by atoms with Gasteiger partial charge in [-0.25, -0.2) is 4.39 Å². The predicted octanol–water partition coefficient (Wildman–Crippen LogP) is 2.37. The molecule has 1 atom stereocenters. The molecule has 0 aliphatic carbocycles. The van der Waals surface area contributed by atoms with Crippen LogP contribution in [0.15, 0.2) is 18.2 Å². The zero-order valence-corrected chi connectivity index (χ0v) is 10.3. The molecule has 0 aliphatic rings. The molecule has 0 saturated heterocycles. The quantitative estimate of drug-likeness (QED) is 0.798. The number of carbonyl (C=O) groups is 1. The van der Waals surface area contributed by atoms with E-state index in [9.17, 15) is 9.18 Å². The van der Waals surface area contributed by atoms with Gasteiger partial charge in [-0.2, -0.15) is 0 Å². The molecule has 2 N–H and O–H groups in total. The summed E-state index contributed by atoms with van der Waals surface area (Å²) in [6, 6.07) is 4.11. The van der Waals surface area contributed by atoms with E-state index >= 15 is 0 Å². The summed E-state index contributed by atoms with van der Waals surface area (Å²) in [5.41, 5.74) is 0.128. The second-order valence-corrected chi connectivity index (χ2v) is 4.23. The Hall–Kier alpha value is -1.13. The smallest absolute Gasteiger partial charge is 0.252 e. The van der Waals surface area contributed by atoms with E-state index in [1.54, 1.807) is 6.92 Å². The lowest BCUT2D eigenvalue weighted by atomic mass is 10.2. The third-order valence-electron chi connectivity index (χ3n) is 2.28. The van der Waals surface area contributed by atoms with Gasteiger partial charge in [0.15, 0.2) is 0 Å². The molecule has 0 bridgehead atoms. The minimum Gasteiger partial charge on any atom is -0.393 e. The minimum atomic E-state index is -0.608. The van der Waals surface area contributed by atoms with E-state index in [4.69, 9.17) is 16.7 Å². The molecule has 17 heavy (non-hydrogen) atoms. The fourth-order valence-corrected chi connectivity index (χ4v) is 1.59. The van der Waals surface area contributed by atoms with E-state index in [2.05, 4.69) is 5.32 Å². The first-order valence-corrected chi connectivity index (χ1v) is 5.80. The highest BCUT2D eigenvalue weighted by molar-refractivity contribution is 6.34. The van der Waals surface area contributed by atoms with Crippen LogP contribution in [0.3, 0.4) is 0 Å². The zero-order chi connectivity index (χ0) is 12.8. The fourth-order valence-electron chi connectivity index (χ4n) is 1.37. The Kier molecular flexibility index (Phi) is 5.38. The number of halogens is 2. The summed E-state index contributed by atoms with van der Waals surface area (Å²) in [7, 11) is 0. The molecule has 0 heterocycles. The van der Waals surface area contributed by atoms with Gasteiger partial charge in [-0.3, -0.25) is 4.79 Å². The van der Waals surface area contributed by atoms with Crippen LogP contribution in [-0.4, -0.2) is 23.7 Å². The van der Waals surface area contributed by atoms with Crippen LogP contribution < -0.4 is 5.32 Å². The number of carbonyl (C=O) groups excluding carboxylic acids is 1. The lowest BCUT2D eigenvalue weighted by molar-refractivity contribution is 0.0949. The third-order valence-corrected chi connectivity index (χ3v) is 2.66. The molecule has 0 saturated carbocycles. The fraction of sp³-hybridized carbons (Fsp3) is 0.417. The Balaban J connectivity index is 2.50. The second kappa shape index (κ2) is 6.57. The molecule has 0 radical (unpaired) electrons. The van der Waals surface area contributed by atoms with Crippen LogP contribution in [0.4, 0.5) is 4.39 Å². The molecule has 3 nitrogen and oxygen atoms in total. The first kappa shape index (κ1) is 13.9. The number of aliphatic hydroxyl groups excluding tert-OH is 1. The summed E-state index contributed by atoms with van der Waals surface area (Å²) in [4.78, 5) is 11.6. The maximum absolute atomic E-state index is 13.1. The largest absolute Gasteiger partial charge is 0.393 e. The molecule has 0 spiro atoms. The maximum Gasteiger partial charge on any atom is 0.252 e. The molecule has 0 aromatic heterocycles. The monoisotopic (exact) mass is 259 g/mol. The highest BCUT2D eigenvalue weighted by Gasteiger charge is 2.12. The Bertz CT molecular complexity index is 396. The number of hydrogen-bond acceptors (Lipinski definition) is 2. The van der Waals surface area contributed by atoms with Crippen molar-refractivity contribution in [1.29, 1.82) is 0 Å². The normalized spacial score (nSPS) is 12.2. The van der Waals surface area contributed by atoms with Crippen LogP contribution in [0.25, 0.3) is 0 Å². The van der Waals surface area contributed by atoms with E-state index in [0.717, 1.165) is 0 Å². The van der Waals surface area contributed by atoms with Gasteiger partial charge in [0.2, 0.25) is 0 Å². The van der Waals surface area contributed by atoms with Crippen LogP contribution in [0.5, 0.6) is 0 Å². The van der Waals surface area contributed by atoms with E-state index in [-0.39, 0.29) is 16.7 Å². The lowest BCUT2D eigenvalue weighted by Gasteiger charge is -2.08. The summed E-state index contributed by atoms with van der Waals surface area (Å²) < 4.78 is 13.1. The van der Waals surface area contributed by atoms with Crippen molar-refractivity contribution in [3.8, 4) is 0 Å². The van der Waals surface area contributed by atoms with Crippen LogP contribution in [-0.2, 0) is 0 Å². The summed E-state index contributed by atoms with van der Waals surface area (Å²) in [6.45, 7) is 2.11. The van der Waals surface area contributed by atoms with Crippen molar-refractivity contribution in [3.63, 3.8) is 0 Å². The first-order valence-electron chi connectivity index (χ1n) is 5.42. The van der Waals surface area contributed by atoms with E-state index in [1.807, 2.05) is 0 Å². The van der Waals surface area contributed by atoms with Crippen molar-refractivity contribution in [2.45, 2.75) is 25.9 Å². The highest BCUT2D eigenvalue weighted by Crippen LogP contribution is 2.19. The zero-order valence-electron chi connectivity index (χ0n) is 9.54. The van der Waals surface area contributed by atoms with Crippen LogP contribution in [0, 0.1) is 5.82 Å². The third kappa shape index (κ3) is 4.32. The van der Waals surface area contributed by atoms with Gasteiger partial charge in [0.1, 0.15) is 5.82 Å². The van der Waals surface area contributed by atoms with E-state index in [1.165, 1.54) is 18.2 Å². The predicted molar refractivity (Wildman–Crippen MR) is 64.7 cm³/mol. The van der Waals surface area contributed by atoms with Crippen molar-refractivity contribution >= 4 is 17.5 Å². The molecule has 1 rings (SSSR count). The topological polar surface area (TPSA) is 49.3 Å². The standard InChI is InChI=1S/C12H15ClFNO2/c1-8(16)4-3-7-15-12(17)9-5-2-6-10(14)11(9)13/h2,5-6,8,16H,3-4,7H2,1H3,(H,15,17). The maximum atomic E-state index is 13.1. The number of hydrogen-bond donors (Lipinski definition) is 2. The average molecular weight is 260 g/mol. The van der Waals surface area contributed by atoms with Gasteiger partial charge in [0.05, 0.1) is 16.7 Å². The first-order chi connectivity index (χ1) is 8.02.